The Morgan fingerprint density at radius 2 is 0.874 bits per heavy atom. The third-order valence-corrected chi connectivity index (χ3v) is 19.0. The smallest absolute Gasteiger partial charge is 0.228 e. The number of anilines is 3. The van der Waals surface area contributed by atoms with Crippen molar-refractivity contribution in [3.63, 3.8) is 0 Å². The van der Waals surface area contributed by atoms with Gasteiger partial charge in [-0.05, 0) is 31.0 Å². The third-order valence-electron chi connectivity index (χ3n) is 12.9. The van der Waals surface area contributed by atoms with Gasteiger partial charge in [-0.1, -0.05) is 113 Å². The lowest BCUT2D eigenvalue weighted by molar-refractivity contribution is -0.134. The van der Waals surface area contributed by atoms with Crippen molar-refractivity contribution in [3.05, 3.63) is 69.6 Å². The van der Waals surface area contributed by atoms with Crippen molar-refractivity contribution in [1.82, 2.24) is 30.5 Å². The van der Waals surface area contributed by atoms with Gasteiger partial charge in [0, 0.05) is 81.3 Å². The molecule has 472 valence electrons. The lowest BCUT2D eigenvalue weighted by Gasteiger charge is -2.26. The van der Waals surface area contributed by atoms with Gasteiger partial charge < -0.3 is 66.9 Å². The Morgan fingerprint density at radius 1 is 0.517 bits per heavy atom. The van der Waals surface area contributed by atoms with Crippen LogP contribution in [0.15, 0.2) is 80.2 Å². The first-order chi connectivity index (χ1) is 41.7. The fourth-order valence-electron chi connectivity index (χ4n) is 8.34. The molecule has 0 bridgehead atoms. The van der Waals surface area contributed by atoms with Crippen molar-refractivity contribution in [2.45, 2.75) is 152 Å². The molecule has 1 aliphatic rings. The van der Waals surface area contributed by atoms with E-state index in [9.17, 15) is 59.4 Å². The number of nitrogens with one attached hydrogen (secondary N) is 5. The number of hydrogen-bond acceptors (Lipinski definition) is 22. The summed E-state index contributed by atoms with van der Waals surface area (Å²) >= 11 is 7.61. The number of ether oxygens (including phenoxy) is 1. The SMILES string of the molecule is CC(=O)Nc1cc(O)c(Sc2nc(CC(=O)N3CCOCC3)cs2)cc1O.CCCCCCCCC(CCCCCC)C(=O)Nc1cc(O)c(Sc2nc(CC(=O)NC)cs2)cc1O.CNC(=O)Cc1csc(Sc2cc(O)c(NC(C)=O)cc2O)n1. The Kier molecular flexibility index (Phi) is 30.3. The van der Waals surface area contributed by atoms with Gasteiger partial charge in [-0.25, -0.2) is 15.0 Å². The van der Waals surface area contributed by atoms with E-state index in [-0.39, 0.29) is 112 Å². The number of carbonyl (C=O) groups is 6. The Balaban J connectivity index is 0.000000245. The molecule has 3 aromatic heterocycles. The third kappa shape index (κ3) is 24.7. The highest BCUT2D eigenvalue weighted by Gasteiger charge is 2.23. The number of carbonyl (C=O) groups excluding carboxylic acids is 6. The van der Waals surface area contributed by atoms with Crippen LogP contribution in [0.3, 0.4) is 0 Å². The Bertz CT molecular complexity index is 3240. The molecule has 87 heavy (non-hydrogen) atoms. The standard InChI is InChI=1S/C28H43N3O4S2.C17H19N3O5S2.C14H15N3O4S2/c1-4-6-8-10-11-13-15-20(14-12-9-7-5-2)27(35)31-22-17-24(33)25(18-23(22)32)37-28-30-21(19-36-28)16-26(34)29-3;1-10(21)18-12-7-14(23)15(8-13(12)22)27-17-19-11(9-26-17)6-16(24)20-2-4-25-5-3-20;1-7(18)16-9-4-11(20)12(5-10(9)19)23-14-17-8(6-22-14)3-13(21)15-2/h17-20,32-33H,4-16H2,1-3H3,(H,29,34)(H,31,35);7-9,22-23H,2-6H2,1H3,(H,18,21);4-6,19-20H,3H2,1-2H3,(H,15,21)(H,16,18). The molecule has 1 unspecified atom stereocenters. The van der Waals surface area contributed by atoms with Crippen LogP contribution < -0.4 is 26.6 Å². The minimum absolute atomic E-state index is 0.0142. The predicted octanol–water partition coefficient (Wildman–Crippen LogP) is 11.3. The summed E-state index contributed by atoms with van der Waals surface area (Å²) in [5.41, 5.74) is 2.44. The van der Waals surface area contributed by atoms with Crippen LogP contribution in [0.2, 0.25) is 0 Å². The van der Waals surface area contributed by atoms with E-state index >= 15 is 0 Å². The number of phenols is 6. The van der Waals surface area contributed by atoms with Gasteiger partial charge in [-0.3, -0.25) is 28.8 Å². The Hall–Kier alpha value is -6.82. The number of unbranched alkanes of at least 4 members (excludes halogenated alkanes) is 8. The molecule has 0 radical (unpaired) electrons. The largest absolute Gasteiger partial charge is 0.507 e. The van der Waals surface area contributed by atoms with E-state index in [1.165, 1.54) is 140 Å². The number of hydrogen-bond donors (Lipinski definition) is 11. The highest BCUT2D eigenvalue weighted by molar-refractivity contribution is 8.01. The van der Waals surface area contributed by atoms with Crippen LogP contribution in [0.5, 0.6) is 34.5 Å². The van der Waals surface area contributed by atoms with Gasteiger partial charge in [0.2, 0.25) is 35.4 Å². The molecule has 3 aromatic carbocycles. The summed E-state index contributed by atoms with van der Waals surface area (Å²) in [4.78, 5) is 86.5. The molecule has 7 rings (SSSR count). The monoisotopic (exact) mass is 1310 g/mol. The van der Waals surface area contributed by atoms with E-state index in [1.807, 2.05) is 5.38 Å². The van der Waals surface area contributed by atoms with Gasteiger partial charge in [0.15, 0.2) is 13.0 Å². The van der Waals surface area contributed by atoms with Crippen LogP contribution in [0.25, 0.3) is 0 Å². The van der Waals surface area contributed by atoms with Gasteiger partial charge in [0.25, 0.3) is 0 Å². The molecule has 11 N–H and O–H groups in total. The van der Waals surface area contributed by atoms with Crippen molar-refractivity contribution in [2.75, 3.05) is 56.3 Å². The van der Waals surface area contributed by atoms with E-state index in [0.717, 1.165) is 56.7 Å². The van der Waals surface area contributed by atoms with Crippen molar-refractivity contribution >= 4 is 122 Å². The van der Waals surface area contributed by atoms with Gasteiger partial charge in [-0.15, -0.1) is 34.0 Å². The van der Waals surface area contributed by atoms with Crippen LogP contribution in [-0.2, 0) is 52.8 Å². The van der Waals surface area contributed by atoms with Crippen LogP contribution in [-0.4, -0.2) is 126 Å². The van der Waals surface area contributed by atoms with Crippen LogP contribution in [0.4, 0.5) is 17.1 Å². The van der Waals surface area contributed by atoms with Gasteiger partial charge in [0.05, 0.1) is 81.3 Å². The molecular weight excluding hydrogens is 1240 g/mol. The van der Waals surface area contributed by atoms with E-state index in [4.69, 9.17) is 4.74 Å². The molecular formula is C59H77N9O13S6. The van der Waals surface area contributed by atoms with E-state index in [0.29, 0.717) is 71.1 Å². The quantitative estimate of drug-likeness (QED) is 0.0123. The summed E-state index contributed by atoms with van der Waals surface area (Å²) < 4.78 is 7.16. The molecule has 0 spiro atoms. The predicted molar refractivity (Wildman–Crippen MR) is 342 cm³/mol. The molecule has 6 aromatic rings. The zero-order valence-electron chi connectivity index (χ0n) is 49.5. The zero-order valence-corrected chi connectivity index (χ0v) is 54.4. The highest BCUT2D eigenvalue weighted by Crippen LogP contribution is 2.44. The summed E-state index contributed by atoms with van der Waals surface area (Å²) in [6.45, 7) is 9.31. The van der Waals surface area contributed by atoms with Crippen molar-refractivity contribution in [2.24, 2.45) is 5.92 Å². The molecule has 28 heteroatoms. The number of likely N-dealkylation sites (N-methyl/N-ethyl adjacent to an activating group) is 2. The first-order valence-electron chi connectivity index (χ1n) is 28.4. The lowest BCUT2D eigenvalue weighted by atomic mass is 9.93. The molecule has 1 atom stereocenters. The molecule has 4 heterocycles. The molecule has 6 amide bonds. The minimum atomic E-state index is -0.348. The number of nitrogens with zero attached hydrogens (tertiary/aromatic N) is 4. The van der Waals surface area contributed by atoms with Crippen molar-refractivity contribution < 1.29 is 64.1 Å². The Morgan fingerprint density at radius 3 is 1.25 bits per heavy atom. The molecule has 1 saturated heterocycles. The summed E-state index contributed by atoms with van der Waals surface area (Å²) in [6.07, 6.45) is 13.8. The van der Waals surface area contributed by atoms with Crippen LogP contribution >= 0.6 is 69.3 Å². The number of amides is 6. The maximum atomic E-state index is 13.1. The van der Waals surface area contributed by atoms with Crippen molar-refractivity contribution in [1.29, 1.82) is 0 Å². The molecule has 0 saturated carbocycles. The fourth-order valence-corrected chi connectivity index (χ4v) is 13.8. The second-order valence-corrected chi connectivity index (χ2v) is 26.4. The summed E-state index contributed by atoms with van der Waals surface area (Å²) in [5.74, 6) is -1.74. The average molecular weight is 1310 g/mol. The van der Waals surface area contributed by atoms with Crippen LogP contribution in [0, 0.1) is 5.92 Å². The summed E-state index contributed by atoms with van der Waals surface area (Å²) in [7, 11) is 3.14. The Labute approximate surface area is 531 Å². The highest BCUT2D eigenvalue weighted by atomic mass is 32.2. The molecule has 0 aliphatic carbocycles. The average Bonchev–Trinajstić information content (AvgIpc) is 4.18. The molecule has 1 aliphatic heterocycles. The van der Waals surface area contributed by atoms with Gasteiger partial charge >= 0.3 is 0 Å². The number of aromatic nitrogens is 3. The van der Waals surface area contributed by atoms with E-state index in [2.05, 4.69) is 55.4 Å². The van der Waals surface area contributed by atoms with Gasteiger partial charge in [-0.2, -0.15) is 0 Å². The second-order valence-electron chi connectivity index (χ2n) is 20.0. The number of thiazole rings is 3. The first-order valence-corrected chi connectivity index (χ1v) is 33.4. The number of phenolic OH excluding ortho intramolecular Hbond substituents is 6. The second kappa shape index (κ2) is 37.1. The number of benzene rings is 3. The topological polar surface area (TPSA) is 335 Å². The van der Waals surface area contributed by atoms with Crippen LogP contribution in [0.1, 0.15) is 122 Å². The number of morpholine rings is 1. The first kappa shape index (κ1) is 70.9. The normalized spacial score (nSPS) is 12.2. The number of aromatic hydroxyl groups is 6. The lowest BCUT2D eigenvalue weighted by Crippen LogP contribution is -2.41. The fraction of sp³-hybridized carbons (Fsp3) is 0.441. The number of rotatable bonds is 28. The van der Waals surface area contributed by atoms with Gasteiger partial charge in [0.1, 0.15) is 34.5 Å². The van der Waals surface area contributed by atoms with E-state index < -0.39 is 0 Å². The maximum Gasteiger partial charge on any atom is 0.228 e. The minimum Gasteiger partial charge on any atom is -0.507 e. The summed E-state index contributed by atoms with van der Waals surface area (Å²) in [6, 6.07) is 8.12. The summed E-state index contributed by atoms with van der Waals surface area (Å²) in [5, 5.41) is 79.4. The van der Waals surface area contributed by atoms with Crippen molar-refractivity contribution in [3.8, 4) is 34.5 Å². The zero-order chi connectivity index (χ0) is 63.4. The van der Waals surface area contributed by atoms with E-state index in [1.54, 1.807) is 29.8 Å². The maximum absolute atomic E-state index is 13.1. The molecule has 1 fully saturated rings. The molecule has 22 nitrogen and oxygen atoms in total.